The highest BCUT2D eigenvalue weighted by Gasteiger charge is 2.05. The molecule has 0 aliphatic heterocycles. The zero-order chi connectivity index (χ0) is 18.7. The van der Waals surface area contributed by atoms with Gasteiger partial charge < -0.3 is 4.57 Å². The minimum atomic E-state index is -0.0163. The van der Waals surface area contributed by atoms with Crippen LogP contribution in [0.3, 0.4) is 0 Å². The van der Waals surface area contributed by atoms with Crippen LogP contribution in [0.2, 0.25) is 0 Å². The minimum absolute atomic E-state index is 0.0163. The van der Waals surface area contributed by atoms with E-state index in [1.165, 1.54) is 5.56 Å². The summed E-state index contributed by atoms with van der Waals surface area (Å²) >= 11 is 0. The van der Waals surface area contributed by atoms with Crippen molar-refractivity contribution in [3.05, 3.63) is 126 Å². The van der Waals surface area contributed by atoms with Crippen molar-refractivity contribution in [1.82, 2.24) is 9.55 Å². The average Bonchev–Trinajstić information content (AvgIpc) is 3.28. The van der Waals surface area contributed by atoms with Gasteiger partial charge in [-0.1, -0.05) is 91.0 Å². The highest BCUT2D eigenvalue weighted by molar-refractivity contribution is 6.14. The molecule has 27 heavy (non-hydrogen) atoms. The zero-order valence-corrected chi connectivity index (χ0v) is 15.4. The van der Waals surface area contributed by atoms with Gasteiger partial charge in [-0.05, 0) is 28.9 Å². The molecule has 1 heterocycles. The molecule has 0 spiro atoms. The van der Waals surface area contributed by atoms with Crippen molar-refractivity contribution < 1.29 is 0 Å². The van der Waals surface area contributed by atoms with Gasteiger partial charge in [0.1, 0.15) is 0 Å². The summed E-state index contributed by atoms with van der Waals surface area (Å²) in [5, 5.41) is 0. The quantitative estimate of drug-likeness (QED) is 0.460. The summed E-state index contributed by atoms with van der Waals surface area (Å²) in [6, 6.07) is 30.8. The van der Waals surface area contributed by atoms with Crippen molar-refractivity contribution in [1.29, 1.82) is 0 Å². The summed E-state index contributed by atoms with van der Waals surface area (Å²) in [5.74, 6) is -0.0163. The van der Waals surface area contributed by atoms with Crippen molar-refractivity contribution in [3.8, 4) is 0 Å². The predicted octanol–water partition coefficient (Wildman–Crippen LogP) is 5.07. The summed E-state index contributed by atoms with van der Waals surface area (Å²) in [5.41, 5.74) is 3.67. The first-order valence-electron chi connectivity index (χ1n) is 9.18. The second kappa shape index (κ2) is 10.2. The second-order valence-electron chi connectivity index (χ2n) is 6.34. The van der Waals surface area contributed by atoms with Crippen LogP contribution in [0.15, 0.2) is 110 Å². The molecule has 3 heteroatoms. The van der Waals surface area contributed by atoms with Crippen LogP contribution in [0.1, 0.15) is 22.5 Å². The van der Waals surface area contributed by atoms with Crippen LogP contribution in [-0.4, -0.2) is 17.4 Å². The molecule has 132 valence electrons. The maximum Gasteiger partial charge on any atom is 0.0946 e. The third-order valence-electron chi connectivity index (χ3n) is 4.38. The normalized spacial score (nSPS) is 10.3. The van der Waals surface area contributed by atoms with Gasteiger partial charge >= 0.3 is 0 Å². The average molecular weight is 350 g/mol. The van der Waals surface area contributed by atoms with Gasteiger partial charge in [0.2, 0.25) is 0 Å². The van der Waals surface area contributed by atoms with Crippen LogP contribution in [0, 0.1) is 0 Å². The largest absolute Gasteiger partial charge is 0.337 e. The van der Waals surface area contributed by atoms with E-state index in [1.807, 2.05) is 61.2 Å². The number of imidazole rings is 1. The van der Waals surface area contributed by atoms with Crippen molar-refractivity contribution in [2.75, 3.05) is 0 Å². The van der Waals surface area contributed by atoms with Crippen molar-refractivity contribution >= 4 is 7.85 Å². The lowest BCUT2D eigenvalue weighted by Gasteiger charge is -2.12. The Morgan fingerprint density at radius 3 is 1.74 bits per heavy atom. The van der Waals surface area contributed by atoms with Crippen LogP contribution in [-0.2, 0) is 13.0 Å². The number of hydrogen-bond acceptors (Lipinski definition) is 1. The molecule has 0 atom stereocenters. The molecule has 1 aromatic heterocycles. The van der Waals surface area contributed by atoms with Crippen molar-refractivity contribution in [3.63, 3.8) is 0 Å². The first-order chi connectivity index (χ1) is 13.3. The smallest absolute Gasteiger partial charge is 0.0946 e. The lowest BCUT2D eigenvalue weighted by Crippen LogP contribution is -1.99. The Hall–Kier alpha value is -3.07. The van der Waals surface area contributed by atoms with E-state index in [1.54, 1.807) is 0 Å². The number of rotatable bonds is 5. The van der Waals surface area contributed by atoms with E-state index in [4.69, 9.17) is 7.85 Å². The molecule has 0 saturated heterocycles. The molecule has 4 rings (SSSR count). The van der Waals surface area contributed by atoms with E-state index < -0.39 is 0 Å². The third kappa shape index (κ3) is 6.00. The molecule has 0 N–H and O–H groups in total. The molecule has 0 fully saturated rings. The molecular weight excluding hydrogens is 327 g/mol. The molecule has 0 bridgehead atoms. The maximum atomic E-state index is 6.12. The highest BCUT2D eigenvalue weighted by atomic mass is 15.0. The van der Waals surface area contributed by atoms with E-state index in [0.29, 0.717) is 0 Å². The maximum absolute atomic E-state index is 6.12. The molecule has 0 amide bonds. The summed E-state index contributed by atoms with van der Waals surface area (Å²) in [4.78, 5) is 4.00. The highest BCUT2D eigenvalue weighted by Crippen LogP contribution is 2.20. The second-order valence-corrected chi connectivity index (χ2v) is 6.34. The van der Waals surface area contributed by atoms with Crippen molar-refractivity contribution in [2.45, 2.75) is 18.8 Å². The molecular formula is C24H23BN2. The first-order valence-corrected chi connectivity index (χ1v) is 9.18. The fourth-order valence-electron chi connectivity index (χ4n) is 2.84. The summed E-state index contributed by atoms with van der Waals surface area (Å²) < 4.78 is 2.09. The molecule has 0 aliphatic rings. The van der Waals surface area contributed by atoms with Gasteiger partial charge in [0.05, 0.1) is 14.2 Å². The summed E-state index contributed by atoms with van der Waals surface area (Å²) in [6.07, 6.45) is 6.72. The topological polar surface area (TPSA) is 17.8 Å². The molecule has 4 aromatic rings. The number of benzene rings is 3. The Bertz CT molecular complexity index is 836. The zero-order valence-electron chi connectivity index (χ0n) is 15.4. The van der Waals surface area contributed by atoms with Crippen LogP contribution in [0.4, 0.5) is 0 Å². The molecule has 0 aliphatic carbocycles. The Balaban J connectivity index is 0.000000156. The molecule has 0 unspecified atom stereocenters. The summed E-state index contributed by atoms with van der Waals surface area (Å²) in [6.45, 7) is 1.00. The molecule has 0 saturated carbocycles. The SMILES string of the molecule is [B]C(c1ccccc1)c1ccccc1.c1ccc(CCn2ccnc2)cc1. The van der Waals surface area contributed by atoms with Crippen LogP contribution in [0.25, 0.3) is 0 Å². The number of aryl methyl sites for hydroxylation is 2. The molecule has 2 nitrogen and oxygen atoms in total. The molecule has 2 radical (unpaired) electrons. The summed E-state index contributed by atoms with van der Waals surface area (Å²) in [7, 11) is 6.12. The third-order valence-corrected chi connectivity index (χ3v) is 4.38. The van der Waals surface area contributed by atoms with Crippen LogP contribution < -0.4 is 0 Å². The van der Waals surface area contributed by atoms with Crippen LogP contribution in [0.5, 0.6) is 0 Å². The van der Waals surface area contributed by atoms with Gasteiger partial charge in [-0.25, -0.2) is 4.98 Å². The minimum Gasteiger partial charge on any atom is -0.337 e. The Labute approximate surface area is 162 Å². The monoisotopic (exact) mass is 350 g/mol. The number of hydrogen-bond donors (Lipinski definition) is 0. The van der Waals surface area contributed by atoms with Gasteiger partial charge in [0, 0.05) is 18.9 Å². The first kappa shape index (κ1) is 18.7. The van der Waals surface area contributed by atoms with Gasteiger partial charge in [-0.15, -0.1) is 0 Å². The number of nitrogens with zero attached hydrogens (tertiary/aromatic N) is 2. The molecule has 3 aromatic carbocycles. The van der Waals surface area contributed by atoms with Gasteiger partial charge in [0.25, 0.3) is 0 Å². The Kier molecular flexibility index (Phi) is 7.05. The van der Waals surface area contributed by atoms with Gasteiger partial charge in [-0.3, -0.25) is 0 Å². The predicted molar refractivity (Wildman–Crippen MR) is 113 cm³/mol. The van der Waals surface area contributed by atoms with E-state index in [0.717, 1.165) is 24.1 Å². The lowest BCUT2D eigenvalue weighted by atomic mass is 9.76. The number of aromatic nitrogens is 2. The Morgan fingerprint density at radius 2 is 1.26 bits per heavy atom. The van der Waals surface area contributed by atoms with Crippen molar-refractivity contribution in [2.24, 2.45) is 0 Å². The lowest BCUT2D eigenvalue weighted by molar-refractivity contribution is 0.696. The van der Waals surface area contributed by atoms with Gasteiger partial charge in [-0.2, -0.15) is 0 Å². The Morgan fingerprint density at radius 1 is 0.741 bits per heavy atom. The van der Waals surface area contributed by atoms with E-state index in [9.17, 15) is 0 Å². The standard InChI is InChI=1S/C13H11B.C11H12N2/c14-13(11-7-3-1-4-8-11)12-9-5-2-6-10-12;1-2-4-11(5-3-1)6-8-13-9-7-12-10-13/h1-10,13H;1-5,7,9-10H,6,8H2. The fourth-order valence-corrected chi connectivity index (χ4v) is 2.84. The van der Waals surface area contributed by atoms with E-state index in [-0.39, 0.29) is 5.82 Å². The fraction of sp³-hybridized carbons (Fsp3) is 0.125. The van der Waals surface area contributed by atoms with E-state index >= 15 is 0 Å². The van der Waals surface area contributed by atoms with Crippen LogP contribution >= 0.6 is 0 Å². The van der Waals surface area contributed by atoms with Gasteiger partial charge in [0.15, 0.2) is 0 Å². The van der Waals surface area contributed by atoms with E-state index in [2.05, 4.69) is 58.1 Å².